The minimum atomic E-state index is -3.65. The van der Waals surface area contributed by atoms with Gasteiger partial charge in [0.05, 0.1) is 22.8 Å². The molecule has 0 atom stereocenters. The maximum Gasteiger partial charge on any atom is 0.341 e. The van der Waals surface area contributed by atoms with E-state index in [1.54, 1.807) is 6.92 Å². The summed E-state index contributed by atoms with van der Waals surface area (Å²) in [6.45, 7) is 6.51. The molecule has 0 unspecified atom stereocenters. The van der Waals surface area contributed by atoms with Crippen LogP contribution in [0.2, 0.25) is 0 Å². The molecule has 24 heavy (non-hydrogen) atoms. The second-order valence-corrected chi connectivity index (χ2v) is 7.87. The molecule has 3 N–H and O–H groups in total. The van der Waals surface area contributed by atoms with Crippen LogP contribution in [0.15, 0.2) is 12.7 Å². The first-order valence-electron chi connectivity index (χ1n) is 6.84. The Morgan fingerprint density at radius 3 is 2.50 bits per heavy atom. The number of amides is 2. The maximum atomic E-state index is 12.0. The average molecular weight is 374 g/mol. The van der Waals surface area contributed by atoms with Gasteiger partial charge in [0.2, 0.25) is 5.91 Å². The molecule has 0 aliphatic rings. The molecule has 0 radical (unpaired) electrons. The van der Waals surface area contributed by atoms with Crippen molar-refractivity contribution in [2.24, 2.45) is 5.73 Å². The lowest BCUT2D eigenvalue weighted by atomic mass is 10.1. The van der Waals surface area contributed by atoms with Crippen molar-refractivity contribution >= 4 is 44.0 Å². The van der Waals surface area contributed by atoms with Gasteiger partial charge in [-0.05, 0) is 19.4 Å². The molecule has 1 rings (SSSR count). The van der Waals surface area contributed by atoms with E-state index in [2.05, 4.69) is 11.9 Å². The number of hydrogen-bond donors (Lipinski definition) is 2. The smallest absolute Gasteiger partial charge is 0.341 e. The quantitative estimate of drug-likeness (QED) is 0.512. The topological polar surface area (TPSA) is 133 Å². The number of carbonyl (C=O) groups is 3. The Hall–Kier alpha value is -2.20. The zero-order valence-corrected chi connectivity index (χ0v) is 14.9. The molecule has 132 valence electrons. The van der Waals surface area contributed by atoms with Gasteiger partial charge in [-0.1, -0.05) is 6.08 Å². The summed E-state index contributed by atoms with van der Waals surface area (Å²) >= 11 is 0.794. The molecule has 1 aromatic rings. The number of anilines is 1. The zero-order chi connectivity index (χ0) is 18.5. The summed E-state index contributed by atoms with van der Waals surface area (Å²) in [5.74, 6) is -3.45. The highest BCUT2D eigenvalue weighted by molar-refractivity contribution is 7.92. The van der Waals surface area contributed by atoms with Gasteiger partial charge in [-0.15, -0.1) is 17.9 Å². The number of primary amides is 1. The summed E-state index contributed by atoms with van der Waals surface area (Å²) in [6, 6.07) is 0. The van der Waals surface area contributed by atoms with E-state index in [1.807, 2.05) is 0 Å². The fraction of sp³-hybridized carbons (Fsp3) is 0.357. The third kappa shape index (κ3) is 4.90. The van der Waals surface area contributed by atoms with Crippen molar-refractivity contribution in [3.8, 4) is 0 Å². The second-order valence-electron chi connectivity index (χ2n) is 4.74. The molecule has 1 aromatic heterocycles. The van der Waals surface area contributed by atoms with Crippen LogP contribution < -0.4 is 11.1 Å². The van der Waals surface area contributed by atoms with Gasteiger partial charge in [0.25, 0.3) is 5.91 Å². The Bertz CT molecular complexity index is 779. The number of carbonyl (C=O) groups excluding carboxylic acids is 3. The largest absolute Gasteiger partial charge is 0.462 e. The predicted molar refractivity (Wildman–Crippen MR) is 91.0 cm³/mol. The van der Waals surface area contributed by atoms with Gasteiger partial charge in [0.15, 0.2) is 9.84 Å². The number of ether oxygens (including phenoxy) is 1. The monoisotopic (exact) mass is 374 g/mol. The molecule has 0 fully saturated rings. The van der Waals surface area contributed by atoms with E-state index in [0.717, 1.165) is 11.3 Å². The number of rotatable bonds is 8. The molecule has 0 saturated carbocycles. The fourth-order valence-electron chi connectivity index (χ4n) is 1.89. The van der Waals surface area contributed by atoms with Gasteiger partial charge in [-0.25, -0.2) is 13.2 Å². The van der Waals surface area contributed by atoms with Gasteiger partial charge in [0, 0.05) is 0 Å². The van der Waals surface area contributed by atoms with Crippen molar-refractivity contribution in [3.05, 3.63) is 28.7 Å². The highest BCUT2D eigenvalue weighted by atomic mass is 32.2. The molecule has 0 aliphatic carbocycles. The standard InChI is InChI=1S/C14H18N2O6S2/c1-4-6-24(20,21)7-9(17)16-13-10(14(19)22-5-2)8(3)11(23-13)12(15)18/h4H,1,5-7H2,2-3H3,(H2,15,18)(H,16,17). The minimum absolute atomic E-state index is 0.00915. The van der Waals surface area contributed by atoms with Gasteiger partial charge in [-0.2, -0.15) is 0 Å². The molecule has 10 heteroatoms. The Morgan fingerprint density at radius 1 is 1.38 bits per heavy atom. The van der Waals surface area contributed by atoms with Crippen molar-refractivity contribution in [2.75, 3.05) is 23.4 Å². The van der Waals surface area contributed by atoms with Crippen molar-refractivity contribution < 1.29 is 27.5 Å². The van der Waals surface area contributed by atoms with E-state index in [0.29, 0.717) is 0 Å². The van der Waals surface area contributed by atoms with Crippen LogP contribution in [0.1, 0.15) is 32.5 Å². The molecule has 0 saturated heterocycles. The van der Waals surface area contributed by atoms with Crippen LogP contribution >= 0.6 is 11.3 Å². The molecule has 0 bridgehead atoms. The second kappa shape index (κ2) is 8.06. The number of thiophene rings is 1. The van der Waals surface area contributed by atoms with Crippen LogP contribution in [0.3, 0.4) is 0 Å². The first-order valence-corrected chi connectivity index (χ1v) is 9.48. The Balaban J connectivity index is 3.16. The van der Waals surface area contributed by atoms with E-state index in [4.69, 9.17) is 10.5 Å². The number of hydrogen-bond acceptors (Lipinski definition) is 7. The summed E-state index contributed by atoms with van der Waals surface area (Å²) < 4.78 is 28.2. The molecule has 8 nitrogen and oxygen atoms in total. The summed E-state index contributed by atoms with van der Waals surface area (Å²) in [7, 11) is -3.65. The van der Waals surface area contributed by atoms with Crippen molar-refractivity contribution in [1.82, 2.24) is 0 Å². The van der Waals surface area contributed by atoms with Gasteiger partial charge in [0.1, 0.15) is 10.8 Å². The summed E-state index contributed by atoms with van der Waals surface area (Å²) in [6.07, 6.45) is 1.17. The van der Waals surface area contributed by atoms with Crippen molar-refractivity contribution in [3.63, 3.8) is 0 Å². The Labute approximate surface area is 143 Å². The van der Waals surface area contributed by atoms with Crippen LogP contribution in [0.5, 0.6) is 0 Å². The Kier molecular flexibility index (Phi) is 6.67. The van der Waals surface area contributed by atoms with Crippen LogP contribution in [0.25, 0.3) is 0 Å². The van der Waals surface area contributed by atoms with Crippen molar-refractivity contribution in [1.29, 1.82) is 0 Å². The molecule has 0 aromatic carbocycles. The van der Waals surface area contributed by atoms with Crippen LogP contribution in [0.4, 0.5) is 5.00 Å². The maximum absolute atomic E-state index is 12.0. The number of esters is 1. The van der Waals surface area contributed by atoms with Gasteiger partial charge in [-0.3, -0.25) is 9.59 Å². The number of sulfone groups is 1. The molecule has 1 heterocycles. The molecular formula is C14H18N2O6S2. The molecular weight excluding hydrogens is 356 g/mol. The molecule has 2 amide bonds. The highest BCUT2D eigenvalue weighted by Gasteiger charge is 2.26. The summed E-state index contributed by atoms with van der Waals surface area (Å²) in [5.41, 5.74) is 5.51. The SMILES string of the molecule is C=CCS(=O)(=O)CC(=O)Nc1sc(C(N)=O)c(C)c1C(=O)OCC. The van der Waals surface area contributed by atoms with Gasteiger partial charge < -0.3 is 15.8 Å². The lowest BCUT2D eigenvalue weighted by Gasteiger charge is -2.07. The minimum Gasteiger partial charge on any atom is -0.462 e. The third-order valence-electron chi connectivity index (χ3n) is 2.83. The lowest BCUT2D eigenvalue weighted by Crippen LogP contribution is -2.24. The first-order chi connectivity index (χ1) is 11.1. The highest BCUT2D eigenvalue weighted by Crippen LogP contribution is 2.33. The molecule has 0 aliphatic heterocycles. The zero-order valence-electron chi connectivity index (χ0n) is 13.2. The van der Waals surface area contributed by atoms with Crippen LogP contribution in [0, 0.1) is 6.92 Å². The van der Waals surface area contributed by atoms with Gasteiger partial charge >= 0.3 is 5.97 Å². The van der Waals surface area contributed by atoms with Crippen LogP contribution in [-0.4, -0.2) is 44.3 Å². The summed E-state index contributed by atoms with van der Waals surface area (Å²) in [4.78, 5) is 35.5. The van der Waals surface area contributed by atoms with E-state index >= 15 is 0 Å². The van der Waals surface area contributed by atoms with Crippen LogP contribution in [-0.2, 0) is 19.4 Å². The summed E-state index contributed by atoms with van der Waals surface area (Å²) in [5, 5.41) is 2.36. The van der Waals surface area contributed by atoms with E-state index in [9.17, 15) is 22.8 Å². The lowest BCUT2D eigenvalue weighted by molar-refractivity contribution is -0.113. The predicted octanol–water partition coefficient (Wildman–Crippen LogP) is 0.871. The van der Waals surface area contributed by atoms with E-state index < -0.39 is 33.4 Å². The third-order valence-corrected chi connectivity index (χ3v) is 5.49. The van der Waals surface area contributed by atoms with E-state index in [-0.39, 0.29) is 33.4 Å². The fourth-order valence-corrected chi connectivity index (χ4v) is 3.90. The average Bonchev–Trinajstić information content (AvgIpc) is 2.74. The van der Waals surface area contributed by atoms with E-state index in [1.165, 1.54) is 13.0 Å². The number of nitrogens with two attached hydrogens (primary N) is 1. The Morgan fingerprint density at radius 2 is 2.00 bits per heavy atom. The molecule has 0 spiro atoms. The normalized spacial score (nSPS) is 10.9. The first kappa shape index (κ1) is 19.8. The number of nitrogens with one attached hydrogen (secondary N) is 1. The van der Waals surface area contributed by atoms with Crippen molar-refractivity contribution in [2.45, 2.75) is 13.8 Å².